The molecule has 1 aromatic heterocycles. The molecule has 0 atom stereocenters. The van der Waals surface area contributed by atoms with Crippen molar-refractivity contribution in [3.05, 3.63) is 83.7 Å². The molecule has 1 aliphatic heterocycles. The molecule has 0 spiro atoms. The quantitative estimate of drug-likeness (QED) is 0.489. The molecule has 0 saturated carbocycles. The number of nitrogens with one attached hydrogen (secondary N) is 3. The lowest BCUT2D eigenvalue weighted by atomic mass is 10.1. The molecule has 3 N–H and O–H groups in total. The van der Waals surface area contributed by atoms with Gasteiger partial charge in [-0.15, -0.1) is 0 Å². The number of rotatable bonds is 7. The van der Waals surface area contributed by atoms with Crippen LogP contribution in [-0.2, 0) is 13.0 Å². The molecule has 0 unspecified atom stereocenters. The number of urea groups is 1. The molecular weight excluding hydrogens is 414 g/mol. The number of pyridine rings is 1. The van der Waals surface area contributed by atoms with Crippen molar-refractivity contribution in [2.75, 3.05) is 28.6 Å². The van der Waals surface area contributed by atoms with E-state index in [1.807, 2.05) is 48.5 Å². The van der Waals surface area contributed by atoms with Gasteiger partial charge in [0, 0.05) is 49.1 Å². The zero-order valence-electron chi connectivity index (χ0n) is 18.8. The van der Waals surface area contributed by atoms with E-state index in [1.165, 1.54) is 5.56 Å². The lowest BCUT2D eigenvalue weighted by molar-refractivity contribution is 0.0951. The Balaban J connectivity index is 1.48. The molecule has 3 amide bonds. The van der Waals surface area contributed by atoms with Gasteiger partial charge in [-0.25, -0.2) is 4.79 Å². The predicted molar refractivity (Wildman–Crippen MR) is 132 cm³/mol. The van der Waals surface area contributed by atoms with Crippen LogP contribution in [-0.4, -0.2) is 30.0 Å². The number of amides is 3. The number of carbonyl (C=O) groups excluding carboxylic acids is 2. The summed E-state index contributed by atoms with van der Waals surface area (Å²) in [5.74, 6) is -0.181. The molecular formula is C26H29N5O2. The van der Waals surface area contributed by atoms with Gasteiger partial charge in [0.15, 0.2) is 0 Å². The van der Waals surface area contributed by atoms with Crippen molar-refractivity contribution < 1.29 is 9.59 Å². The minimum atomic E-state index is -0.352. The zero-order chi connectivity index (χ0) is 23.0. The summed E-state index contributed by atoms with van der Waals surface area (Å²) in [4.78, 5) is 31.9. The van der Waals surface area contributed by atoms with E-state index in [2.05, 4.69) is 32.8 Å². The minimum Gasteiger partial charge on any atom is -0.371 e. The maximum Gasteiger partial charge on any atom is 0.323 e. The van der Waals surface area contributed by atoms with Gasteiger partial charge >= 0.3 is 6.03 Å². The average Bonchev–Trinajstić information content (AvgIpc) is 3.38. The summed E-state index contributed by atoms with van der Waals surface area (Å²) in [5, 5.41) is 8.66. The van der Waals surface area contributed by atoms with Crippen LogP contribution in [0.3, 0.4) is 0 Å². The molecule has 2 heterocycles. The van der Waals surface area contributed by atoms with Crippen molar-refractivity contribution in [3.63, 3.8) is 0 Å². The SMILES string of the molecule is CCc1ccc(NC(=O)Nc2ccc(N3CCCC3)c(C(=O)NCc3cccnc3)c2)cc1. The first-order valence-electron chi connectivity index (χ1n) is 11.4. The molecule has 3 aromatic rings. The number of benzene rings is 2. The van der Waals surface area contributed by atoms with E-state index in [0.717, 1.165) is 43.6 Å². The molecule has 4 rings (SSSR count). The van der Waals surface area contributed by atoms with Crippen LogP contribution in [0, 0.1) is 0 Å². The van der Waals surface area contributed by atoms with E-state index in [4.69, 9.17) is 0 Å². The first-order valence-corrected chi connectivity index (χ1v) is 11.4. The molecule has 0 aliphatic carbocycles. The molecule has 170 valence electrons. The molecule has 0 bridgehead atoms. The van der Waals surface area contributed by atoms with E-state index in [1.54, 1.807) is 18.5 Å². The second kappa shape index (κ2) is 10.6. The van der Waals surface area contributed by atoms with E-state index in [9.17, 15) is 9.59 Å². The second-order valence-electron chi connectivity index (χ2n) is 8.10. The van der Waals surface area contributed by atoms with Crippen LogP contribution < -0.4 is 20.9 Å². The topological polar surface area (TPSA) is 86.4 Å². The van der Waals surface area contributed by atoms with Gasteiger partial charge in [0.05, 0.1) is 5.56 Å². The molecule has 7 heteroatoms. The Hall–Kier alpha value is -3.87. The number of nitrogens with zero attached hydrogens (tertiary/aromatic N) is 2. The van der Waals surface area contributed by atoms with Gasteiger partial charge in [0.1, 0.15) is 0 Å². The van der Waals surface area contributed by atoms with Crippen molar-refractivity contribution in [2.24, 2.45) is 0 Å². The summed E-state index contributed by atoms with van der Waals surface area (Å²) in [6, 6.07) is 16.7. The Morgan fingerprint density at radius 1 is 0.939 bits per heavy atom. The highest BCUT2D eigenvalue weighted by atomic mass is 16.2. The van der Waals surface area contributed by atoms with Crippen molar-refractivity contribution in [2.45, 2.75) is 32.7 Å². The maximum atomic E-state index is 13.1. The number of carbonyl (C=O) groups is 2. The van der Waals surface area contributed by atoms with Gasteiger partial charge < -0.3 is 20.9 Å². The fourth-order valence-corrected chi connectivity index (χ4v) is 3.93. The minimum absolute atomic E-state index is 0.181. The van der Waals surface area contributed by atoms with Gasteiger partial charge in [-0.05, 0) is 66.8 Å². The lowest BCUT2D eigenvalue weighted by Crippen LogP contribution is -2.27. The van der Waals surface area contributed by atoms with Crippen molar-refractivity contribution in [3.8, 4) is 0 Å². The zero-order valence-corrected chi connectivity index (χ0v) is 18.8. The van der Waals surface area contributed by atoms with Crippen LogP contribution in [0.2, 0.25) is 0 Å². The largest absolute Gasteiger partial charge is 0.371 e. The highest BCUT2D eigenvalue weighted by Gasteiger charge is 2.20. The number of hydrogen-bond acceptors (Lipinski definition) is 4. The van der Waals surface area contributed by atoms with Gasteiger partial charge in [-0.3, -0.25) is 9.78 Å². The molecule has 0 radical (unpaired) electrons. The van der Waals surface area contributed by atoms with Crippen LogP contribution in [0.4, 0.5) is 21.9 Å². The lowest BCUT2D eigenvalue weighted by Gasteiger charge is -2.22. The fourth-order valence-electron chi connectivity index (χ4n) is 3.93. The predicted octanol–water partition coefficient (Wildman–Crippen LogP) is 4.82. The van der Waals surface area contributed by atoms with Crippen LogP contribution in [0.1, 0.15) is 41.3 Å². The molecule has 2 aromatic carbocycles. The van der Waals surface area contributed by atoms with Crippen LogP contribution in [0.25, 0.3) is 0 Å². The first-order chi connectivity index (χ1) is 16.1. The third kappa shape index (κ3) is 5.88. The number of anilines is 3. The normalized spacial score (nSPS) is 12.9. The van der Waals surface area contributed by atoms with Gasteiger partial charge in [0.25, 0.3) is 5.91 Å². The highest BCUT2D eigenvalue weighted by molar-refractivity contribution is 6.04. The summed E-state index contributed by atoms with van der Waals surface area (Å²) < 4.78 is 0. The number of hydrogen-bond donors (Lipinski definition) is 3. The van der Waals surface area contributed by atoms with E-state index in [0.29, 0.717) is 23.5 Å². The summed E-state index contributed by atoms with van der Waals surface area (Å²) in [7, 11) is 0. The molecule has 1 fully saturated rings. The Labute approximate surface area is 194 Å². The van der Waals surface area contributed by atoms with E-state index in [-0.39, 0.29) is 11.9 Å². The standard InChI is InChI=1S/C26H29N5O2/c1-2-19-7-9-21(10-8-19)29-26(33)30-22-11-12-24(31-14-3-4-15-31)23(16-22)25(32)28-18-20-6-5-13-27-17-20/h5-13,16-17H,2-4,14-15,18H2,1H3,(H,28,32)(H2,29,30,33). The van der Waals surface area contributed by atoms with Crippen LogP contribution >= 0.6 is 0 Å². The van der Waals surface area contributed by atoms with Gasteiger partial charge in [-0.2, -0.15) is 0 Å². The van der Waals surface area contributed by atoms with Gasteiger partial charge in [-0.1, -0.05) is 25.1 Å². The highest BCUT2D eigenvalue weighted by Crippen LogP contribution is 2.28. The van der Waals surface area contributed by atoms with Crippen molar-refractivity contribution >= 4 is 29.0 Å². The first kappa shape index (κ1) is 22.3. The molecule has 7 nitrogen and oxygen atoms in total. The summed E-state index contributed by atoms with van der Waals surface area (Å²) in [5.41, 5.74) is 4.85. The smallest absolute Gasteiger partial charge is 0.323 e. The number of aryl methyl sites for hydroxylation is 1. The van der Waals surface area contributed by atoms with Crippen molar-refractivity contribution in [1.82, 2.24) is 10.3 Å². The summed E-state index contributed by atoms with van der Waals surface area (Å²) >= 11 is 0. The Morgan fingerprint density at radius 2 is 1.67 bits per heavy atom. The third-order valence-corrected chi connectivity index (χ3v) is 5.74. The molecule has 1 aliphatic rings. The fraction of sp³-hybridized carbons (Fsp3) is 0.269. The Bertz CT molecular complexity index is 1090. The summed E-state index contributed by atoms with van der Waals surface area (Å²) in [6.45, 7) is 4.32. The Morgan fingerprint density at radius 3 is 2.36 bits per heavy atom. The third-order valence-electron chi connectivity index (χ3n) is 5.74. The summed E-state index contributed by atoms with van der Waals surface area (Å²) in [6.07, 6.45) is 6.60. The second-order valence-corrected chi connectivity index (χ2v) is 8.10. The van der Waals surface area contributed by atoms with Crippen molar-refractivity contribution in [1.29, 1.82) is 0 Å². The van der Waals surface area contributed by atoms with Crippen LogP contribution in [0.5, 0.6) is 0 Å². The Kier molecular flexibility index (Phi) is 7.19. The molecule has 1 saturated heterocycles. The monoisotopic (exact) mass is 443 g/mol. The maximum absolute atomic E-state index is 13.1. The van der Waals surface area contributed by atoms with E-state index >= 15 is 0 Å². The van der Waals surface area contributed by atoms with Crippen LogP contribution in [0.15, 0.2) is 67.0 Å². The average molecular weight is 444 g/mol. The molecule has 33 heavy (non-hydrogen) atoms. The van der Waals surface area contributed by atoms with E-state index < -0.39 is 0 Å². The van der Waals surface area contributed by atoms with Gasteiger partial charge in [0.2, 0.25) is 0 Å². The number of aromatic nitrogens is 1.